The topological polar surface area (TPSA) is 948 Å². The molecular weight excluding hydrogens is 1740 g/mol. The first kappa shape index (κ1) is 109. The summed E-state index contributed by atoms with van der Waals surface area (Å²) >= 11 is 0. The molecule has 60 heteroatoms. The summed E-state index contributed by atoms with van der Waals surface area (Å²) in [6, 6.07) is -1.69. The summed E-state index contributed by atoms with van der Waals surface area (Å²) < 4.78 is 94.3. The van der Waals surface area contributed by atoms with Gasteiger partial charge in [-0.3, -0.25) is 4.79 Å². The van der Waals surface area contributed by atoms with Gasteiger partial charge in [-0.15, -0.1) is 0 Å². The van der Waals surface area contributed by atoms with Gasteiger partial charge in [0, 0.05) is 6.92 Å². The second kappa shape index (κ2) is 49.2. The van der Waals surface area contributed by atoms with Gasteiger partial charge in [0.05, 0.1) is 46.2 Å². The van der Waals surface area contributed by atoms with E-state index in [1.54, 1.807) is 0 Å². The van der Waals surface area contributed by atoms with Crippen molar-refractivity contribution in [1.82, 2.24) is 5.32 Å². The summed E-state index contributed by atoms with van der Waals surface area (Å²) in [6.45, 7) is -6.03. The van der Waals surface area contributed by atoms with Crippen molar-refractivity contribution in [1.29, 1.82) is 0 Å². The molecule has 124 heavy (non-hydrogen) atoms. The van der Waals surface area contributed by atoms with Gasteiger partial charge in [0.2, 0.25) is 30.5 Å². The van der Waals surface area contributed by atoms with Gasteiger partial charge < -0.3 is 258 Å². The Morgan fingerprint density at radius 2 is 0.758 bits per heavy atom. The van der Waals surface area contributed by atoms with Crippen molar-refractivity contribution in [2.45, 2.75) is 259 Å². The number of hydrogen-bond acceptors (Lipinski definition) is 52. The molecule has 698 valence electrons. The molecule has 58 nitrogen and oxygen atoms in total. The van der Waals surface area contributed by atoms with E-state index in [4.69, 9.17) is 106 Å². The summed E-state index contributed by atoms with van der Waals surface area (Å²) in [5, 5.41) is 315. The van der Waals surface area contributed by atoms with Crippen LogP contribution < -0.4 is 74.6 Å². The molecule has 41 unspecified atom stereocenters. The molecule has 0 aliphatic carbocycles. The van der Waals surface area contributed by atoms with Crippen LogP contribution in [0.1, 0.15) is 6.92 Å². The Bertz CT molecular complexity index is 3550. The molecule has 9 aliphatic rings. The number of aliphatic carboxylic acids is 7. The largest absolute Gasteiger partial charge is 1.00 e. The molecule has 0 saturated carbocycles. The number of aliphatic hydroxyl groups is 24. The second-order valence-electron chi connectivity index (χ2n) is 27.5. The summed E-state index contributed by atoms with van der Waals surface area (Å²) in [5.74, 6) is -15.8. The van der Waals surface area contributed by atoms with Gasteiger partial charge in [-0.25, -0.2) is 24.0 Å². The van der Waals surface area contributed by atoms with E-state index in [0.29, 0.717) is 18.2 Å². The zero-order valence-electron chi connectivity index (χ0n) is 64.5. The number of ether oxygens (including phenoxy) is 18. The van der Waals surface area contributed by atoms with Crippen LogP contribution in [0, 0.1) is 0 Å². The van der Waals surface area contributed by atoms with Crippen LogP contribution in [-0.2, 0) is 124 Å². The van der Waals surface area contributed by atoms with Crippen LogP contribution in [0.25, 0.3) is 0 Å². The molecule has 9 rings (SSSR count). The van der Waals surface area contributed by atoms with Crippen LogP contribution in [0.3, 0.4) is 0 Å². The quantitative estimate of drug-likeness (QED) is 0.0271. The van der Waals surface area contributed by atoms with Crippen LogP contribution in [0.4, 0.5) is 0 Å². The number of carboxylic acids is 7. The van der Waals surface area contributed by atoms with Crippen LogP contribution in [0.15, 0.2) is 35.5 Å². The minimum Gasteiger partial charge on any atom is -0.542 e. The Balaban J connectivity index is 0.000000331. The van der Waals surface area contributed by atoms with E-state index in [1.807, 2.05) is 0 Å². The third-order valence-electron chi connectivity index (χ3n) is 19.1. The van der Waals surface area contributed by atoms with Crippen molar-refractivity contribution in [3.63, 3.8) is 0 Å². The van der Waals surface area contributed by atoms with Gasteiger partial charge in [-0.1, -0.05) is 0 Å². The molecule has 6 fully saturated rings. The smallest absolute Gasteiger partial charge is 0.542 e. The van der Waals surface area contributed by atoms with Gasteiger partial charge in [0.25, 0.3) is 0 Å². The monoisotopic (exact) mass is 1830 g/mol. The van der Waals surface area contributed by atoms with Crippen LogP contribution in [0.5, 0.6) is 0 Å². The van der Waals surface area contributed by atoms with E-state index in [9.17, 15) is 176 Å². The molecule has 0 spiro atoms. The average Bonchev–Trinajstić information content (AvgIpc) is 0.778. The van der Waals surface area contributed by atoms with Crippen molar-refractivity contribution < 1.29 is 341 Å². The molecule has 0 radical (unpaired) electrons. The third-order valence-corrected chi connectivity index (χ3v) is 19.1. The van der Waals surface area contributed by atoms with E-state index in [2.05, 4.69) is 5.32 Å². The number of carbonyl (C=O) groups is 8. The maximum absolute atomic E-state index is 11.7. The summed E-state index contributed by atoms with van der Waals surface area (Å²) in [7, 11) is 0. The van der Waals surface area contributed by atoms with E-state index >= 15 is 0 Å². The maximum Gasteiger partial charge on any atom is 1.00 e. The van der Waals surface area contributed by atoms with Crippen molar-refractivity contribution in [2.75, 3.05) is 52.9 Å². The predicted octanol–water partition coefficient (Wildman–Crippen LogP) is -28.4. The Morgan fingerprint density at radius 3 is 1.10 bits per heavy atom. The SMILES string of the molecule is CC(=O)NC1C(OC(C(=O)O)C(O)C(=O)O)OC(CO)C(OC2OC(C(=O)O)=CC(O)C2O)C1O.O=C(O)COC1OCC(OC2OC(CO)C(O)C(OC3OC(CO)C(O)C(OC4OC(C(=O)[O-])=CC(O)C4O)C3O)C2O)C(O)C1O.O=C([O-])C1=CC(O)C(O)C(OC2C(O)C(CO)OC(OC3C(O)C(CO)OC(OC(CO)C(=O)O)C3O)C2O)O1.[Na+].[Na+]. The minimum atomic E-state index is -2.58. The van der Waals surface area contributed by atoms with Crippen molar-refractivity contribution in [3.8, 4) is 0 Å². The summed E-state index contributed by atoms with van der Waals surface area (Å²) in [4.78, 5) is 89.6. The molecule has 0 bridgehead atoms. The molecule has 9 aliphatic heterocycles. The number of hydrogen-bond donors (Lipinski definition) is 30. The summed E-state index contributed by atoms with van der Waals surface area (Å²) in [5.41, 5.74) is 0. The Kier molecular flexibility index (Phi) is 43.4. The van der Waals surface area contributed by atoms with Crippen molar-refractivity contribution in [3.05, 3.63) is 35.5 Å². The van der Waals surface area contributed by atoms with Gasteiger partial charge in [0.15, 0.2) is 56.1 Å². The predicted molar refractivity (Wildman–Crippen MR) is 353 cm³/mol. The number of rotatable bonds is 33. The Morgan fingerprint density at radius 1 is 0.403 bits per heavy atom. The molecule has 30 N–H and O–H groups in total. The number of nitrogens with one attached hydrogen (secondary N) is 1. The molecule has 1 amide bonds. The van der Waals surface area contributed by atoms with Gasteiger partial charge in [0.1, 0.15) is 207 Å². The Hall–Kier alpha value is -5.18. The second-order valence-corrected chi connectivity index (χ2v) is 27.5. The fourth-order valence-corrected chi connectivity index (χ4v) is 12.7. The maximum atomic E-state index is 11.7. The van der Waals surface area contributed by atoms with Crippen LogP contribution in [-0.4, -0.2) is 501 Å². The molecule has 0 aromatic carbocycles. The van der Waals surface area contributed by atoms with E-state index in [1.165, 1.54) is 0 Å². The first-order chi connectivity index (χ1) is 57.3. The molecule has 0 aromatic rings. The standard InChI is InChI=1S/C25H38O22.C21H32O19.C18H25NO16.2Na/c26-2-8-14(33)19(17(36)24(43-8)45-10-4-40-22(16(35)13(10)32)41-5-11(29)30)47-25-18(37)20(15(34)9(3-27)44-25)46-23-12(31)6(28)1-7(42-23)21(38)39;22-2-7-11(27)15(13(29)20(36-7)38-9(4-24)18(33)34)40-21-14(30)16(12(28)8(3-23)37-21)39-19-10(26)5(25)1-6(35-19)17(31)32;1-4(21)19-8-10(24)12(34-18-9(23)5(22)2-6(32-18)14(26)27)7(3-20)33-17(8)35-13(16(30)31)11(25)15(28)29;;/h1,6,8-10,12-20,22-28,31-37H,2-5H2,(H,29,30)(H,38,39);1,5,7-16,19-30H,2-4H2,(H,31,32)(H,33,34);2,5,7-13,17-18,20,22-25H,3H2,1H3,(H,19,21)(H,26,27)(H,28,29)(H,30,31);;/q;;;2*+1/p-2. The average molecular weight is 1830 g/mol. The van der Waals surface area contributed by atoms with Gasteiger partial charge in [-0.05, 0) is 18.2 Å². The van der Waals surface area contributed by atoms with Crippen molar-refractivity contribution >= 4 is 47.7 Å². The first-order valence-electron chi connectivity index (χ1n) is 35.9. The van der Waals surface area contributed by atoms with Crippen LogP contribution in [0.2, 0.25) is 0 Å². The van der Waals surface area contributed by atoms with E-state index in [0.717, 1.165) is 6.92 Å². The molecule has 6 saturated heterocycles. The molecular formula is C64H93NNa2O57. The minimum absolute atomic E-state index is 0. The normalized spacial score (nSPS) is 41.0. The van der Waals surface area contributed by atoms with Gasteiger partial charge in [-0.2, -0.15) is 0 Å². The Labute approximate surface area is 737 Å². The van der Waals surface area contributed by atoms with Crippen LogP contribution >= 0.6 is 0 Å². The zero-order valence-corrected chi connectivity index (χ0v) is 68.5. The fourth-order valence-electron chi connectivity index (χ4n) is 12.7. The molecule has 9 heterocycles. The first-order valence-corrected chi connectivity index (χ1v) is 35.9. The van der Waals surface area contributed by atoms with Gasteiger partial charge >= 0.3 is 89.0 Å². The summed E-state index contributed by atoms with van der Waals surface area (Å²) in [6.07, 6.45) is -73.0. The van der Waals surface area contributed by atoms with E-state index in [-0.39, 0.29) is 59.1 Å². The molecule has 41 atom stereocenters. The molecule has 0 aromatic heterocycles. The van der Waals surface area contributed by atoms with Crippen molar-refractivity contribution in [2.24, 2.45) is 0 Å². The fraction of sp³-hybridized carbons (Fsp3) is 0.781. The number of carboxylic acid groups (broad SMARTS) is 7. The number of amides is 1. The zero-order chi connectivity index (χ0) is 91.2. The van der Waals surface area contributed by atoms with E-state index < -0.39 is 370 Å². The number of aliphatic hydroxyl groups excluding tert-OH is 24. The third kappa shape index (κ3) is 27.0. The number of carbonyl (C=O) groups excluding carboxylic acids is 3.